The summed E-state index contributed by atoms with van der Waals surface area (Å²) in [4.78, 5) is 9.18. The maximum absolute atomic E-state index is 10.2. The second-order valence-electron chi connectivity index (χ2n) is 7.30. The smallest absolute Gasteiger partial charge is 0.432 e. The number of nitrogens with one attached hydrogen (secondary N) is 1. The minimum absolute atomic E-state index is 0.154. The van der Waals surface area contributed by atoms with Crippen molar-refractivity contribution in [2.75, 3.05) is 5.32 Å². The van der Waals surface area contributed by atoms with Crippen molar-refractivity contribution in [2.45, 2.75) is 38.1 Å². The highest BCUT2D eigenvalue weighted by Crippen LogP contribution is 2.35. The number of aliphatic hydroxyl groups excluding tert-OH is 1. The van der Waals surface area contributed by atoms with Gasteiger partial charge in [0.25, 0.3) is 0 Å². The zero-order valence-corrected chi connectivity index (χ0v) is 16.5. The number of aliphatic hydroxyl groups is 1. The van der Waals surface area contributed by atoms with Gasteiger partial charge in [0.2, 0.25) is 5.95 Å². The lowest BCUT2D eigenvalue weighted by Crippen LogP contribution is -2.23. The second-order valence-corrected chi connectivity index (χ2v) is 7.74. The van der Waals surface area contributed by atoms with Gasteiger partial charge in [0.15, 0.2) is 11.9 Å². The summed E-state index contributed by atoms with van der Waals surface area (Å²) in [5.74, 6) is 0.615. The van der Waals surface area contributed by atoms with E-state index in [1.165, 1.54) is 17.5 Å². The van der Waals surface area contributed by atoms with Crippen LogP contribution in [-0.4, -0.2) is 43.1 Å². The Hall–Kier alpha value is -3.15. The molecule has 0 radical (unpaired) electrons. The van der Waals surface area contributed by atoms with Crippen LogP contribution >= 0.6 is 11.6 Å². The lowest BCUT2D eigenvalue weighted by Gasteiger charge is -2.12. The molecule has 3 heterocycles. The van der Waals surface area contributed by atoms with E-state index in [9.17, 15) is 5.11 Å². The quantitative estimate of drug-likeness (QED) is 0.646. The second kappa shape index (κ2) is 7.35. The summed E-state index contributed by atoms with van der Waals surface area (Å²) in [6.45, 7) is 0. The fourth-order valence-corrected chi connectivity index (χ4v) is 4.19. The van der Waals surface area contributed by atoms with Crippen molar-refractivity contribution in [1.82, 2.24) is 24.4 Å². The Morgan fingerprint density at radius 3 is 2.90 bits per heavy atom. The van der Waals surface area contributed by atoms with Crippen LogP contribution in [-0.2, 0) is 6.42 Å². The summed E-state index contributed by atoms with van der Waals surface area (Å²) in [7, 11) is 0. The molecule has 2 N–H and O–H groups in total. The number of benzene rings is 1. The summed E-state index contributed by atoms with van der Waals surface area (Å²) in [6.07, 6.45) is 8.74. The molecule has 3 aromatic rings. The Kier molecular flexibility index (Phi) is 4.54. The highest BCUT2D eigenvalue weighted by molar-refractivity contribution is 6.30. The molecule has 0 atom stereocenters. The van der Waals surface area contributed by atoms with E-state index in [2.05, 4.69) is 20.1 Å². The van der Waals surface area contributed by atoms with E-state index in [0.29, 0.717) is 29.1 Å². The van der Waals surface area contributed by atoms with Crippen molar-refractivity contribution in [1.29, 1.82) is 0 Å². The molecule has 146 valence electrons. The standard InChI is InChI=1S/C21H19ClN6O/c22-14-5-3-4-13(12-14)19-18(17-9-11-24-21(29)28(17)27-19)16-8-10-23-20(26-16)25-15-6-1-2-7-15/h3-5,8,10-12,15H,1-2,6-7,9H2,(H,23,25,26)/p+1. The number of hydrogen-bond acceptors (Lipinski definition) is 4. The van der Waals surface area contributed by atoms with Gasteiger partial charge in [-0.2, -0.15) is 4.67 Å². The van der Waals surface area contributed by atoms with Crippen LogP contribution in [0.4, 0.5) is 5.95 Å². The number of aromatic nitrogens is 4. The van der Waals surface area contributed by atoms with E-state index >= 15 is 0 Å². The largest absolute Gasteiger partial charge is 0.578 e. The summed E-state index contributed by atoms with van der Waals surface area (Å²) in [6, 6.07) is 9.64. The molecule has 29 heavy (non-hydrogen) atoms. The number of hydrogen-bond donors (Lipinski definition) is 2. The zero-order chi connectivity index (χ0) is 19.8. The van der Waals surface area contributed by atoms with Crippen molar-refractivity contribution in [2.24, 2.45) is 0 Å². The number of rotatable bonds is 4. The van der Waals surface area contributed by atoms with Crippen molar-refractivity contribution in [3.63, 3.8) is 0 Å². The molecular formula is C21H20ClN6O+. The molecule has 7 nitrogen and oxygen atoms in total. The Morgan fingerprint density at radius 1 is 1.21 bits per heavy atom. The van der Waals surface area contributed by atoms with Gasteiger partial charge in [-0.25, -0.2) is 9.97 Å². The maximum atomic E-state index is 10.2. The number of fused-ring (bicyclic) bond motifs is 1. The molecule has 8 heteroatoms. The minimum atomic E-state index is -0.154. The monoisotopic (exact) mass is 407 g/mol. The molecule has 1 aliphatic carbocycles. The third-order valence-corrected chi connectivity index (χ3v) is 5.60. The van der Waals surface area contributed by atoms with Gasteiger partial charge in [0, 0.05) is 22.8 Å². The van der Waals surface area contributed by atoms with E-state index < -0.39 is 0 Å². The van der Waals surface area contributed by atoms with Crippen molar-refractivity contribution in [3.8, 4) is 22.5 Å². The molecule has 0 saturated heterocycles. The first kappa shape index (κ1) is 17.9. The van der Waals surface area contributed by atoms with Gasteiger partial charge >= 0.3 is 6.02 Å². The average molecular weight is 408 g/mol. The van der Waals surface area contributed by atoms with E-state index in [0.717, 1.165) is 35.4 Å². The third kappa shape index (κ3) is 3.39. The molecular weight excluding hydrogens is 388 g/mol. The molecule has 1 aliphatic heterocycles. The van der Waals surface area contributed by atoms with Gasteiger partial charge in [0.05, 0.1) is 17.7 Å². The van der Waals surface area contributed by atoms with Gasteiger partial charge in [-0.05, 0) is 31.0 Å². The number of anilines is 1. The molecule has 0 unspecified atom stereocenters. The van der Waals surface area contributed by atoms with Gasteiger partial charge in [0.1, 0.15) is 5.69 Å². The number of halogens is 1. The van der Waals surface area contributed by atoms with Crippen LogP contribution < -0.4 is 9.98 Å². The maximum Gasteiger partial charge on any atom is 0.578 e. The van der Waals surface area contributed by atoms with E-state index in [4.69, 9.17) is 16.6 Å². The highest BCUT2D eigenvalue weighted by atomic mass is 35.5. The van der Waals surface area contributed by atoms with Crippen LogP contribution in [0.3, 0.4) is 0 Å². The van der Waals surface area contributed by atoms with Crippen molar-refractivity contribution >= 4 is 29.8 Å². The predicted molar refractivity (Wildman–Crippen MR) is 115 cm³/mol. The first-order valence-corrected chi connectivity index (χ1v) is 10.1. The van der Waals surface area contributed by atoms with Crippen LogP contribution in [0.2, 0.25) is 5.02 Å². The Balaban J connectivity index is 1.63. The molecule has 2 aliphatic rings. The third-order valence-electron chi connectivity index (χ3n) is 5.36. The lowest BCUT2D eigenvalue weighted by atomic mass is 10.0. The average Bonchev–Trinajstić information content (AvgIpc) is 3.36. The van der Waals surface area contributed by atoms with Crippen molar-refractivity contribution < 1.29 is 5.11 Å². The van der Waals surface area contributed by atoms with Crippen LogP contribution in [0.1, 0.15) is 31.4 Å². The Bertz CT molecular complexity index is 1140. The molecule has 0 amide bonds. The minimum Gasteiger partial charge on any atom is -0.432 e. The molecule has 1 saturated carbocycles. The summed E-state index contributed by atoms with van der Waals surface area (Å²) >= 11 is 6.22. The summed E-state index contributed by atoms with van der Waals surface area (Å²) in [5, 5.41) is 18.9. The van der Waals surface area contributed by atoms with Crippen LogP contribution in [0.15, 0.2) is 36.5 Å². The number of nitrogens with zero attached hydrogens (tertiary/aromatic N) is 5. The fraction of sp³-hybridized carbons (Fsp3) is 0.286. The van der Waals surface area contributed by atoms with Gasteiger partial charge < -0.3 is 10.4 Å². The molecule has 1 aromatic carbocycles. The van der Waals surface area contributed by atoms with Gasteiger partial charge in [-0.15, -0.1) is 0 Å². The molecule has 1 fully saturated rings. The van der Waals surface area contributed by atoms with E-state index in [-0.39, 0.29) is 6.02 Å². The Morgan fingerprint density at radius 2 is 2.07 bits per heavy atom. The first-order chi connectivity index (χ1) is 14.2. The van der Waals surface area contributed by atoms with Crippen LogP contribution in [0, 0.1) is 0 Å². The van der Waals surface area contributed by atoms with Crippen LogP contribution in [0.25, 0.3) is 22.5 Å². The zero-order valence-electron chi connectivity index (χ0n) is 15.7. The SMILES string of the molecule is OC1=[N+]=CCc2c(-c3ccnc(NC4CCCC4)n3)c(-c3cccc(Cl)c3)nn21. The van der Waals surface area contributed by atoms with Gasteiger partial charge in [-0.1, -0.05) is 46.4 Å². The molecule has 0 bridgehead atoms. The van der Waals surface area contributed by atoms with E-state index in [1.807, 2.05) is 30.3 Å². The van der Waals surface area contributed by atoms with E-state index in [1.54, 1.807) is 12.4 Å². The van der Waals surface area contributed by atoms with Crippen LogP contribution in [0.5, 0.6) is 0 Å². The first-order valence-electron chi connectivity index (χ1n) is 9.75. The fourth-order valence-electron chi connectivity index (χ4n) is 4.00. The van der Waals surface area contributed by atoms with Crippen molar-refractivity contribution in [3.05, 3.63) is 47.2 Å². The molecule has 5 rings (SSSR count). The molecule has 0 spiro atoms. The lowest BCUT2D eigenvalue weighted by molar-refractivity contribution is 0.503. The topological polar surface area (TPSA) is 90.0 Å². The normalized spacial score (nSPS) is 16.0. The highest BCUT2D eigenvalue weighted by Gasteiger charge is 2.32. The summed E-state index contributed by atoms with van der Waals surface area (Å²) < 4.78 is 5.46. The summed E-state index contributed by atoms with van der Waals surface area (Å²) in [5.41, 5.74) is 3.98. The predicted octanol–water partition coefficient (Wildman–Crippen LogP) is 3.47. The molecule has 2 aromatic heterocycles. The Labute approximate surface area is 172 Å². The van der Waals surface area contributed by atoms with Gasteiger partial charge in [-0.3, -0.25) is 0 Å².